The highest BCUT2D eigenvalue weighted by molar-refractivity contribution is 6.32. The average Bonchev–Trinajstić information content (AvgIpc) is 3.05. The van der Waals surface area contributed by atoms with Crippen molar-refractivity contribution in [1.82, 2.24) is 10.3 Å². The van der Waals surface area contributed by atoms with Gasteiger partial charge in [-0.05, 0) is 48.0 Å². The Balaban J connectivity index is 0.00000208. The van der Waals surface area contributed by atoms with Crippen LogP contribution in [-0.4, -0.2) is 12.1 Å². The first-order valence-electron chi connectivity index (χ1n) is 7.28. The second-order valence-corrected chi connectivity index (χ2v) is 5.48. The number of ether oxygens (including phenoxy) is 1. The minimum absolute atomic E-state index is 0. The molecular formula is C18H18Cl2N2O2. The highest BCUT2D eigenvalue weighted by Crippen LogP contribution is 2.31. The maximum Gasteiger partial charge on any atom is 0.137 e. The van der Waals surface area contributed by atoms with Gasteiger partial charge in [0.2, 0.25) is 0 Å². The fourth-order valence-corrected chi connectivity index (χ4v) is 2.54. The maximum absolute atomic E-state index is 6.15. The van der Waals surface area contributed by atoms with Crippen LogP contribution in [0.3, 0.4) is 0 Å². The molecular weight excluding hydrogens is 347 g/mol. The van der Waals surface area contributed by atoms with Gasteiger partial charge in [-0.2, -0.15) is 0 Å². The van der Waals surface area contributed by atoms with Crippen molar-refractivity contribution >= 4 is 24.0 Å². The van der Waals surface area contributed by atoms with Crippen LogP contribution in [0.4, 0.5) is 0 Å². The second kappa shape index (κ2) is 8.73. The van der Waals surface area contributed by atoms with Crippen molar-refractivity contribution in [3.8, 4) is 17.1 Å². The van der Waals surface area contributed by atoms with E-state index in [9.17, 15) is 0 Å². The third-order valence-electron chi connectivity index (χ3n) is 3.48. The van der Waals surface area contributed by atoms with Crippen molar-refractivity contribution in [1.29, 1.82) is 0 Å². The summed E-state index contributed by atoms with van der Waals surface area (Å²) in [5.41, 5.74) is 2.12. The molecule has 0 saturated heterocycles. The molecule has 6 heteroatoms. The SMILES string of the molecule is COc1ccc(-c2ccc(CNCc3ccncc3)o2)cc1Cl.Cl. The molecule has 0 radical (unpaired) electrons. The number of benzene rings is 1. The van der Waals surface area contributed by atoms with Gasteiger partial charge in [0.05, 0.1) is 18.7 Å². The number of rotatable bonds is 6. The summed E-state index contributed by atoms with van der Waals surface area (Å²) in [6.45, 7) is 1.43. The van der Waals surface area contributed by atoms with Gasteiger partial charge in [0.15, 0.2) is 0 Å². The van der Waals surface area contributed by atoms with Crippen molar-refractivity contribution < 1.29 is 9.15 Å². The van der Waals surface area contributed by atoms with E-state index in [2.05, 4.69) is 10.3 Å². The van der Waals surface area contributed by atoms with Crippen LogP contribution in [0.25, 0.3) is 11.3 Å². The molecule has 4 nitrogen and oxygen atoms in total. The summed E-state index contributed by atoms with van der Waals surface area (Å²) in [6, 6.07) is 13.5. The normalized spacial score (nSPS) is 10.2. The van der Waals surface area contributed by atoms with E-state index in [0.717, 1.165) is 23.6 Å². The van der Waals surface area contributed by atoms with E-state index in [4.69, 9.17) is 20.8 Å². The first-order chi connectivity index (χ1) is 11.3. The summed E-state index contributed by atoms with van der Waals surface area (Å²) in [5.74, 6) is 2.32. The zero-order valence-corrected chi connectivity index (χ0v) is 14.7. The molecule has 0 aliphatic carbocycles. The van der Waals surface area contributed by atoms with Crippen LogP contribution in [0.1, 0.15) is 11.3 Å². The largest absolute Gasteiger partial charge is 0.495 e. The van der Waals surface area contributed by atoms with Crippen molar-refractivity contribution in [3.63, 3.8) is 0 Å². The Hall–Kier alpha value is -2.01. The van der Waals surface area contributed by atoms with E-state index in [0.29, 0.717) is 17.3 Å². The quantitative estimate of drug-likeness (QED) is 0.687. The number of nitrogens with one attached hydrogen (secondary N) is 1. The number of aromatic nitrogens is 1. The third kappa shape index (κ3) is 4.51. The number of methoxy groups -OCH3 is 1. The van der Waals surface area contributed by atoms with Crippen LogP contribution in [0.15, 0.2) is 59.3 Å². The molecule has 3 rings (SSSR count). The minimum Gasteiger partial charge on any atom is -0.495 e. The first kappa shape index (κ1) is 18.3. The van der Waals surface area contributed by atoms with Crippen LogP contribution >= 0.6 is 24.0 Å². The van der Waals surface area contributed by atoms with Crippen LogP contribution in [-0.2, 0) is 13.1 Å². The smallest absolute Gasteiger partial charge is 0.137 e. The minimum atomic E-state index is 0. The molecule has 0 spiro atoms. The zero-order valence-electron chi connectivity index (χ0n) is 13.2. The monoisotopic (exact) mass is 364 g/mol. The van der Waals surface area contributed by atoms with Crippen molar-refractivity contribution in [3.05, 3.63) is 71.2 Å². The predicted molar refractivity (Wildman–Crippen MR) is 97.7 cm³/mol. The van der Waals surface area contributed by atoms with Gasteiger partial charge in [-0.25, -0.2) is 0 Å². The second-order valence-electron chi connectivity index (χ2n) is 5.07. The molecule has 0 fully saturated rings. The molecule has 0 aliphatic heterocycles. The van der Waals surface area contributed by atoms with Gasteiger partial charge in [-0.15, -0.1) is 12.4 Å². The Morgan fingerprint density at radius 1 is 1.08 bits per heavy atom. The molecule has 24 heavy (non-hydrogen) atoms. The van der Waals surface area contributed by atoms with E-state index in [1.165, 1.54) is 5.56 Å². The fraction of sp³-hybridized carbons (Fsp3) is 0.167. The summed E-state index contributed by atoms with van der Waals surface area (Å²) in [5, 5.41) is 3.91. The van der Waals surface area contributed by atoms with E-state index >= 15 is 0 Å². The highest BCUT2D eigenvalue weighted by Gasteiger charge is 2.08. The number of nitrogens with zero attached hydrogens (tertiary/aromatic N) is 1. The molecule has 0 bridgehead atoms. The van der Waals surface area contributed by atoms with Crippen LogP contribution in [0.2, 0.25) is 5.02 Å². The molecule has 126 valence electrons. The molecule has 0 saturated carbocycles. The third-order valence-corrected chi connectivity index (χ3v) is 3.77. The summed E-state index contributed by atoms with van der Waals surface area (Å²) in [4.78, 5) is 4.00. The van der Waals surface area contributed by atoms with Gasteiger partial charge in [-0.1, -0.05) is 11.6 Å². The summed E-state index contributed by atoms with van der Waals surface area (Å²) in [7, 11) is 1.60. The van der Waals surface area contributed by atoms with Crippen molar-refractivity contribution in [2.75, 3.05) is 7.11 Å². The van der Waals surface area contributed by atoms with Crippen LogP contribution in [0.5, 0.6) is 5.75 Å². The molecule has 1 aromatic carbocycles. The lowest BCUT2D eigenvalue weighted by Gasteiger charge is -2.05. The van der Waals surface area contributed by atoms with E-state index < -0.39 is 0 Å². The first-order valence-corrected chi connectivity index (χ1v) is 7.66. The number of furan rings is 1. The Morgan fingerprint density at radius 3 is 2.58 bits per heavy atom. The van der Waals surface area contributed by atoms with Crippen LogP contribution < -0.4 is 10.1 Å². The molecule has 3 aromatic rings. The lowest BCUT2D eigenvalue weighted by molar-refractivity contribution is 0.415. The lowest BCUT2D eigenvalue weighted by Crippen LogP contribution is -2.11. The number of pyridine rings is 1. The Morgan fingerprint density at radius 2 is 1.88 bits per heavy atom. The molecule has 1 N–H and O–H groups in total. The average molecular weight is 365 g/mol. The summed E-state index contributed by atoms with van der Waals surface area (Å²) in [6.07, 6.45) is 3.57. The summed E-state index contributed by atoms with van der Waals surface area (Å²) >= 11 is 6.15. The number of halogens is 2. The molecule has 0 aliphatic rings. The van der Waals surface area contributed by atoms with Gasteiger partial charge in [0.1, 0.15) is 17.3 Å². The topological polar surface area (TPSA) is 47.3 Å². The van der Waals surface area contributed by atoms with Gasteiger partial charge in [-0.3, -0.25) is 4.98 Å². The Labute approximate surface area is 152 Å². The molecule has 0 unspecified atom stereocenters. The van der Waals surface area contributed by atoms with Gasteiger partial charge in [0, 0.05) is 24.5 Å². The van der Waals surface area contributed by atoms with Crippen LogP contribution in [0, 0.1) is 0 Å². The lowest BCUT2D eigenvalue weighted by atomic mass is 10.2. The predicted octanol–water partition coefficient (Wildman–Crippen LogP) is 4.72. The molecule has 0 atom stereocenters. The Bertz CT molecular complexity index is 776. The van der Waals surface area contributed by atoms with E-state index in [1.54, 1.807) is 19.5 Å². The van der Waals surface area contributed by atoms with E-state index in [-0.39, 0.29) is 12.4 Å². The zero-order chi connectivity index (χ0) is 16.1. The summed E-state index contributed by atoms with van der Waals surface area (Å²) < 4.78 is 11.0. The fourth-order valence-electron chi connectivity index (χ4n) is 2.28. The number of hydrogen-bond donors (Lipinski definition) is 1. The van der Waals surface area contributed by atoms with Gasteiger partial charge in [0.25, 0.3) is 0 Å². The van der Waals surface area contributed by atoms with Gasteiger partial charge >= 0.3 is 0 Å². The Kier molecular flexibility index (Phi) is 6.67. The van der Waals surface area contributed by atoms with E-state index in [1.807, 2.05) is 42.5 Å². The number of hydrogen-bond acceptors (Lipinski definition) is 4. The van der Waals surface area contributed by atoms with Crippen molar-refractivity contribution in [2.24, 2.45) is 0 Å². The highest BCUT2D eigenvalue weighted by atomic mass is 35.5. The van der Waals surface area contributed by atoms with Crippen molar-refractivity contribution in [2.45, 2.75) is 13.1 Å². The maximum atomic E-state index is 6.15. The molecule has 0 amide bonds. The van der Waals surface area contributed by atoms with Gasteiger partial charge < -0.3 is 14.5 Å². The standard InChI is InChI=1S/C18H17ClN2O2.ClH/c1-22-18-4-2-14(10-16(18)19)17-5-3-15(23-17)12-21-11-13-6-8-20-9-7-13;/h2-10,21H,11-12H2,1H3;1H. The molecule has 2 heterocycles. The molecule has 2 aromatic heterocycles.